The lowest BCUT2D eigenvalue weighted by Crippen LogP contribution is -2.07. The Morgan fingerprint density at radius 3 is 2.38 bits per heavy atom. The Labute approximate surface area is 170 Å². The number of rotatable bonds is 5. The minimum absolute atomic E-state index is 0.150. The van der Waals surface area contributed by atoms with E-state index in [0.717, 1.165) is 34.1 Å². The maximum absolute atomic E-state index is 13.5. The molecule has 146 valence electrons. The van der Waals surface area contributed by atoms with Crippen LogP contribution in [0.15, 0.2) is 83.0 Å². The first kappa shape index (κ1) is 19.1. The van der Waals surface area contributed by atoms with E-state index in [9.17, 15) is 8.42 Å². The monoisotopic (exact) mass is 403 g/mol. The summed E-state index contributed by atoms with van der Waals surface area (Å²) in [7, 11) is -3.76. The van der Waals surface area contributed by atoms with Gasteiger partial charge in [0.05, 0.1) is 16.1 Å². The Morgan fingerprint density at radius 1 is 0.966 bits per heavy atom. The first-order valence-electron chi connectivity index (χ1n) is 9.39. The number of benzene rings is 2. The summed E-state index contributed by atoms with van der Waals surface area (Å²) in [6, 6.07) is 16.4. The Kier molecular flexibility index (Phi) is 5.03. The van der Waals surface area contributed by atoms with Gasteiger partial charge < -0.3 is 5.32 Å². The van der Waals surface area contributed by atoms with Crippen molar-refractivity contribution in [3.05, 3.63) is 84.3 Å². The average Bonchev–Trinajstić information content (AvgIpc) is 2.74. The lowest BCUT2D eigenvalue weighted by molar-refractivity contribution is 0.596. The van der Waals surface area contributed by atoms with E-state index in [-0.39, 0.29) is 9.79 Å². The van der Waals surface area contributed by atoms with Gasteiger partial charge >= 0.3 is 0 Å². The van der Waals surface area contributed by atoms with E-state index < -0.39 is 9.84 Å². The molecule has 0 saturated carbocycles. The summed E-state index contributed by atoms with van der Waals surface area (Å²) >= 11 is 0. The third-order valence-corrected chi connectivity index (χ3v) is 6.65. The lowest BCUT2D eigenvalue weighted by atomic mass is 10.1. The molecule has 0 radical (unpaired) electrons. The predicted octanol–water partition coefficient (Wildman–Crippen LogP) is 5.08. The van der Waals surface area contributed by atoms with E-state index in [4.69, 9.17) is 0 Å². The maximum Gasteiger partial charge on any atom is 0.210 e. The molecule has 0 atom stereocenters. The zero-order valence-corrected chi connectivity index (χ0v) is 17.1. The van der Waals surface area contributed by atoms with Crippen molar-refractivity contribution in [2.24, 2.45) is 0 Å². The van der Waals surface area contributed by atoms with Crippen LogP contribution in [0.1, 0.15) is 18.1 Å². The van der Waals surface area contributed by atoms with Gasteiger partial charge in [-0.2, -0.15) is 0 Å². The highest BCUT2D eigenvalue weighted by Crippen LogP contribution is 2.35. The lowest BCUT2D eigenvalue weighted by Gasteiger charge is -2.16. The molecule has 0 amide bonds. The minimum atomic E-state index is -3.76. The fourth-order valence-corrected chi connectivity index (χ4v) is 4.60. The van der Waals surface area contributed by atoms with Gasteiger partial charge in [-0.25, -0.2) is 8.42 Å². The number of nitrogens with one attached hydrogen (secondary N) is 1. The summed E-state index contributed by atoms with van der Waals surface area (Å²) in [6.07, 6.45) is 5.61. The number of aryl methyl sites for hydroxylation is 2. The van der Waals surface area contributed by atoms with Crippen LogP contribution in [-0.2, 0) is 16.3 Å². The van der Waals surface area contributed by atoms with Crippen LogP contribution in [0.2, 0.25) is 0 Å². The second kappa shape index (κ2) is 7.64. The van der Waals surface area contributed by atoms with Crippen LogP contribution in [0.5, 0.6) is 0 Å². The topological polar surface area (TPSA) is 72.0 Å². The number of anilines is 2. The van der Waals surface area contributed by atoms with Gasteiger partial charge in [-0.05, 0) is 55.3 Å². The molecule has 6 heteroatoms. The van der Waals surface area contributed by atoms with E-state index in [1.165, 1.54) is 6.20 Å². The molecule has 0 saturated heterocycles. The van der Waals surface area contributed by atoms with E-state index in [0.29, 0.717) is 5.69 Å². The Morgan fingerprint density at radius 2 is 1.69 bits per heavy atom. The van der Waals surface area contributed by atoms with Crippen molar-refractivity contribution in [1.29, 1.82) is 0 Å². The number of pyridine rings is 2. The van der Waals surface area contributed by atoms with Crippen LogP contribution in [0, 0.1) is 6.92 Å². The van der Waals surface area contributed by atoms with Crippen LogP contribution in [-0.4, -0.2) is 18.4 Å². The first-order valence-corrected chi connectivity index (χ1v) is 10.9. The van der Waals surface area contributed by atoms with Crippen LogP contribution < -0.4 is 5.32 Å². The molecule has 1 N–H and O–H groups in total. The van der Waals surface area contributed by atoms with E-state index in [1.54, 1.807) is 36.7 Å². The molecule has 4 rings (SSSR count). The van der Waals surface area contributed by atoms with E-state index in [1.807, 2.05) is 44.2 Å². The van der Waals surface area contributed by atoms with Crippen molar-refractivity contribution >= 4 is 32.1 Å². The van der Waals surface area contributed by atoms with Gasteiger partial charge in [-0.3, -0.25) is 9.97 Å². The molecular weight excluding hydrogens is 382 g/mol. The molecule has 0 aliphatic heterocycles. The smallest absolute Gasteiger partial charge is 0.210 e. The SMILES string of the molecule is CCc1ccc(S(=O)(=O)c2cnc3ccc(C)cc3c2Nc2ccncc2)cc1. The molecule has 4 aromatic rings. The molecule has 2 aromatic heterocycles. The standard InChI is InChI=1S/C23H21N3O2S/c1-3-17-5-7-19(8-6-17)29(27,28)22-15-25-21-9-4-16(2)14-20(21)23(22)26-18-10-12-24-13-11-18/h4-15H,3H2,1-2H3,(H,24,25,26). The zero-order valence-electron chi connectivity index (χ0n) is 16.3. The average molecular weight is 404 g/mol. The van der Waals surface area contributed by atoms with Gasteiger partial charge in [-0.15, -0.1) is 0 Å². The second-order valence-corrected chi connectivity index (χ2v) is 8.80. The Balaban J connectivity index is 1.94. The summed E-state index contributed by atoms with van der Waals surface area (Å²) in [5.74, 6) is 0. The number of aromatic nitrogens is 2. The Hall–Kier alpha value is -3.25. The van der Waals surface area contributed by atoms with Crippen molar-refractivity contribution in [2.45, 2.75) is 30.1 Å². The van der Waals surface area contributed by atoms with Crippen molar-refractivity contribution < 1.29 is 8.42 Å². The van der Waals surface area contributed by atoms with Crippen molar-refractivity contribution in [3.63, 3.8) is 0 Å². The van der Waals surface area contributed by atoms with Gasteiger partial charge in [0, 0.05) is 29.7 Å². The molecule has 0 bridgehead atoms. The molecule has 0 unspecified atom stereocenters. The van der Waals surface area contributed by atoms with Gasteiger partial charge in [0.25, 0.3) is 0 Å². The molecule has 29 heavy (non-hydrogen) atoms. The van der Waals surface area contributed by atoms with Crippen LogP contribution in [0.3, 0.4) is 0 Å². The molecule has 0 fully saturated rings. The fourth-order valence-electron chi connectivity index (χ4n) is 3.23. The summed E-state index contributed by atoms with van der Waals surface area (Å²) in [6.45, 7) is 4.01. The number of nitrogens with zero attached hydrogens (tertiary/aromatic N) is 2. The highest BCUT2D eigenvalue weighted by molar-refractivity contribution is 7.91. The summed E-state index contributed by atoms with van der Waals surface area (Å²) in [4.78, 5) is 8.85. The van der Waals surface area contributed by atoms with Crippen LogP contribution >= 0.6 is 0 Å². The largest absolute Gasteiger partial charge is 0.354 e. The minimum Gasteiger partial charge on any atom is -0.354 e. The molecule has 2 heterocycles. The van der Waals surface area contributed by atoms with Gasteiger partial charge in [-0.1, -0.05) is 30.7 Å². The molecule has 2 aromatic carbocycles. The third-order valence-electron chi connectivity index (χ3n) is 4.87. The highest BCUT2D eigenvalue weighted by Gasteiger charge is 2.24. The number of fused-ring (bicyclic) bond motifs is 1. The quantitative estimate of drug-likeness (QED) is 0.503. The van der Waals surface area contributed by atoms with Gasteiger partial charge in [0.1, 0.15) is 4.90 Å². The highest BCUT2D eigenvalue weighted by atomic mass is 32.2. The molecule has 0 aliphatic carbocycles. The van der Waals surface area contributed by atoms with Crippen molar-refractivity contribution in [3.8, 4) is 0 Å². The zero-order chi connectivity index (χ0) is 20.4. The number of hydrogen-bond donors (Lipinski definition) is 1. The molecule has 5 nitrogen and oxygen atoms in total. The van der Waals surface area contributed by atoms with E-state index >= 15 is 0 Å². The molecule has 0 spiro atoms. The first-order chi connectivity index (χ1) is 14.0. The van der Waals surface area contributed by atoms with Crippen LogP contribution in [0.25, 0.3) is 10.9 Å². The number of hydrogen-bond acceptors (Lipinski definition) is 5. The van der Waals surface area contributed by atoms with E-state index in [2.05, 4.69) is 15.3 Å². The maximum atomic E-state index is 13.5. The molecule has 0 aliphatic rings. The van der Waals surface area contributed by atoms with Gasteiger partial charge in [0.15, 0.2) is 0 Å². The Bertz CT molecular complexity index is 1270. The fraction of sp³-hybridized carbons (Fsp3) is 0.130. The summed E-state index contributed by atoms with van der Waals surface area (Å²) in [5.41, 5.74) is 4.12. The van der Waals surface area contributed by atoms with Crippen LogP contribution in [0.4, 0.5) is 11.4 Å². The van der Waals surface area contributed by atoms with Crippen molar-refractivity contribution in [1.82, 2.24) is 9.97 Å². The van der Waals surface area contributed by atoms with Crippen molar-refractivity contribution in [2.75, 3.05) is 5.32 Å². The molecular formula is C23H21N3O2S. The predicted molar refractivity (Wildman–Crippen MR) is 115 cm³/mol. The summed E-state index contributed by atoms with van der Waals surface area (Å²) < 4.78 is 27.0. The normalized spacial score (nSPS) is 11.5. The summed E-state index contributed by atoms with van der Waals surface area (Å²) in [5, 5.41) is 4.04. The van der Waals surface area contributed by atoms with Gasteiger partial charge in [0.2, 0.25) is 9.84 Å². The second-order valence-electron chi connectivity index (χ2n) is 6.88. The third kappa shape index (κ3) is 3.71. The number of sulfone groups is 1.